The van der Waals surface area contributed by atoms with Gasteiger partial charge in [-0.1, -0.05) is 12.1 Å². The minimum atomic E-state index is -0.310. The van der Waals surface area contributed by atoms with Crippen LogP contribution in [0.5, 0.6) is 0 Å². The Morgan fingerprint density at radius 2 is 2.00 bits per heavy atom. The predicted octanol–water partition coefficient (Wildman–Crippen LogP) is 5.21. The molecule has 182 valence electrons. The topological polar surface area (TPSA) is 66.7 Å². The van der Waals surface area contributed by atoms with Gasteiger partial charge in [0.05, 0.1) is 11.4 Å². The van der Waals surface area contributed by atoms with E-state index in [1.54, 1.807) is 6.07 Å². The number of likely N-dealkylation sites (tertiary alicyclic amines) is 1. The maximum absolute atomic E-state index is 13.4. The Kier molecular flexibility index (Phi) is 5.67. The van der Waals surface area contributed by atoms with Crippen molar-refractivity contribution in [2.75, 3.05) is 31.1 Å². The van der Waals surface area contributed by atoms with E-state index in [0.29, 0.717) is 24.3 Å². The fraction of sp³-hybridized carbons (Fsp3) is 0.464. The molecular formula is C28H30FN3O3. The molecule has 0 bridgehead atoms. The average Bonchev–Trinajstić information content (AvgIpc) is 3.47. The largest absolute Gasteiger partial charge is 0.356 e. The smallest absolute Gasteiger partial charge is 0.227 e. The third kappa shape index (κ3) is 4.05. The maximum Gasteiger partial charge on any atom is 0.227 e. The summed E-state index contributed by atoms with van der Waals surface area (Å²) < 4.78 is 18.8. The molecule has 3 aromatic rings. The number of halogens is 1. The summed E-state index contributed by atoms with van der Waals surface area (Å²) in [5, 5.41) is 5.14. The van der Waals surface area contributed by atoms with Gasteiger partial charge in [0, 0.05) is 42.3 Å². The first kappa shape index (κ1) is 22.4. The predicted molar refractivity (Wildman–Crippen MR) is 131 cm³/mol. The first-order valence-electron chi connectivity index (χ1n) is 12.8. The first-order valence-corrected chi connectivity index (χ1v) is 12.8. The lowest BCUT2D eigenvalue weighted by Gasteiger charge is -2.31. The van der Waals surface area contributed by atoms with Crippen LogP contribution in [0.3, 0.4) is 0 Å². The Balaban J connectivity index is 1.04. The number of piperidine rings is 1. The zero-order chi connectivity index (χ0) is 24.1. The molecule has 6 nitrogen and oxygen atoms in total. The molecule has 3 aliphatic heterocycles. The van der Waals surface area contributed by atoms with E-state index in [1.807, 2.05) is 17.0 Å². The second kappa shape index (κ2) is 8.86. The zero-order valence-electron chi connectivity index (χ0n) is 20.1. The number of fused-ring (bicyclic) bond motifs is 1. The number of carbonyl (C=O) groups is 2. The van der Waals surface area contributed by atoms with Crippen LogP contribution in [0.4, 0.5) is 10.1 Å². The highest BCUT2D eigenvalue weighted by atomic mass is 19.1. The van der Waals surface area contributed by atoms with Crippen molar-refractivity contribution in [3.05, 3.63) is 58.5 Å². The number of aromatic nitrogens is 1. The zero-order valence-corrected chi connectivity index (χ0v) is 20.1. The van der Waals surface area contributed by atoms with Crippen molar-refractivity contribution in [1.82, 2.24) is 10.1 Å². The molecule has 1 saturated heterocycles. The van der Waals surface area contributed by atoms with Crippen molar-refractivity contribution in [2.45, 2.75) is 57.3 Å². The molecule has 7 heteroatoms. The van der Waals surface area contributed by atoms with Crippen molar-refractivity contribution in [1.29, 1.82) is 0 Å². The minimum Gasteiger partial charge on any atom is -0.356 e. The summed E-state index contributed by atoms with van der Waals surface area (Å²) in [5.41, 5.74) is 5.62. The van der Waals surface area contributed by atoms with E-state index < -0.39 is 0 Å². The molecule has 0 N–H and O–H groups in total. The number of carbonyl (C=O) groups excluding carboxylic acids is 2. The van der Waals surface area contributed by atoms with Gasteiger partial charge >= 0.3 is 0 Å². The summed E-state index contributed by atoms with van der Waals surface area (Å²) in [4.78, 5) is 29.7. The molecule has 0 saturated carbocycles. The lowest BCUT2D eigenvalue weighted by Crippen LogP contribution is -2.34. The molecule has 0 spiro atoms. The molecule has 1 fully saturated rings. The highest BCUT2D eigenvalue weighted by Crippen LogP contribution is 2.42. The summed E-state index contributed by atoms with van der Waals surface area (Å²) >= 11 is 0. The Bertz CT molecular complexity index is 1310. The highest BCUT2D eigenvalue weighted by Gasteiger charge is 2.35. The van der Waals surface area contributed by atoms with Gasteiger partial charge in [-0.3, -0.25) is 9.59 Å². The number of rotatable bonds is 6. The van der Waals surface area contributed by atoms with E-state index in [2.05, 4.69) is 17.0 Å². The standard InChI is InChI=1S/C28H30FN3O3/c1-17-13-26(34)32-12-8-19-14-20(15-23(17)28(19)32)24(33)3-2-9-31-10-6-18(7-11-31)27-22-5-4-21(29)16-25(22)35-30-27/h4-5,14-18H,2-3,6-13H2,1H3. The molecule has 0 radical (unpaired) electrons. The number of anilines is 1. The van der Waals surface area contributed by atoms with Gasteiger partial charge in [0.15, 0.2) is 11.4 Å². The molecule has 0 aliphatic carbocycles. The fourth-order valence-corrected chi connectivity index (χ4v) is 6.11. The third-order valence-corrected chi connectivity index (χ3v) is 8.04. The molecule has 3 aliphatic rings. The van der Waals surface area contributed by atoms with Crippen molar-refractivity contribution < 1.29 is 18.5 Å². The third-order valence-electron chi connectivity index (χ3n) is 8.04. The van der Waals surface area contributed by atoms with E-state index in [9.17, 15) is 14.0 Å². The lowest BCUT2D eigenvalue weighted by atomic mass is 9.87. The molecule has 1 unspecified atom stereocenters. The Hall–Kier alpha value is -3.06. The van der Waals surface area contributed by atoms with E-state index in [4.69, 9.17) is 4.52 Å². The highest BCUT2D eigenvalue weighted by molar-refractivity contribution is 6.02. The van der Waals surface area contributed by atoms with E-state index in [0.717, 1.165) is 85.3 Å². The van der Waals surface area contributed by atoms with Crippen molar-refractivity contribution in [3.8, 4) is 0 Å². The summed E-state index contributed by atoms with van der Waals surface area (Å²) in [5.74, 6) is 0.576. The number of hydrogen-bond donors (Lipinski definition) is 0. The Labute approximate surface area is 204 Å². The number of hydrogen-bond acceptors (Lipinski definition) is 5. The molecule has 1 amide bonds. The number of benzene rings is 2. The van der Waals surface area contributed by atoms with Crippen LogP contribution in [0.1, 0.15) is 78.0 Å². The van der Waals surface area contributed by atoms with Gasteiger partial charge in [0.1, 0.15) is 5.82 Å². The van der Waals surface area contributed by atoms with E-state index in [-0.39, 0.29) is 23.4 Å². The quantitative estimate of drug-likeness (QED) is 0.458. The second-order valence-corrected chi connectivity index (χ2v) is 10.3. The van der Waals surface area contributed by atoms with Crippen LogP contribution in [0, 0.1) is 5.82 Å². The van der Waals surface area contributed by atoms with Crippen LogP contribution in [0.25, 0.3) is 11.0 Å². The normalized spacial score (nSPS) is 20.6. The summed E-state index contributed by atoms with van der Waals surface area (Å²) in [6.45, 7) is 5.64. The van der Waals surface area contributed by atoms with Crippen LogP contribution in [0.15, 0.2) is 34.9 Å². The number of nitrogens with zero attached hydrogens (tertiary/aromatic N) is 3. The first-order chi connectivity index (χ1) is 17.0. The van der Waals surface area contributed by atoms with E-state index >= 15 is 0 Å². The molecule has 35 heavy (non-hydrogen) atoms. The Morgan fingerprint density at radius 1 is 1.17 bits per heavy atom. The van der Waals surface area contributed by atoms with Gasteiger partial charge < -0.3 is 14.3 Å². The minimum absolute atomic E-state index is 0.167. The van der Waals surface area contributed by atoms with Gasteiger partial charge in [-0.15, -0.1) is 0 Å². The van der Waals surface area contributed by atoms with Gasteiger partial charge in [0.25, 0.3) is 0 Å². The van der Waals surface area contributed by atoms with Crippen molar-refractivity contribution >= 4 is 28.3 Å². The fourth-order valence-electron chi connectivity index (χ4n) is 6.11. The maximum atomic E-state index is 13.4. The summed E-state index contributed by atoms with van der Waals surface area (Å²) in [7, 11) is 0. The van der Waals surface area contributed by atoms with Crippen LogP contribution in [-0.4, -0.2) is 47.9 Å². The summed E-state index contributed by atoms with van der Waals surface area (Å²) in [6, 6.07) is 8.67. The Morgan fingerprint density at radius 3 is 2.83 bits per heavy atom. The van der Waals surface area contributed by atoms with Crippen LogP contribution in [-0.2, 0) is 11.2 Å². The molecule has 2 aromatic carbocycles. The van der Waals surface area contributed by atoms with Crippen LogP contribution < -0.4 is 4.90 Å². The van der Waals surface area contributed by atoms with Gasteiger partial charge in [0.2, 0.25) is 5.91 Å². The molecule has 1 aromatic heterocycles. The van der Waals surface area contributed by atoms with Gasteiger partial charge in [-0.05, 0) is 86.6 Å². The van der Waals surface area contributed by atoms with Crippen molar-refractivity contribution in [2.24, 2.45) is 0 Å². The average molecular weight is 476 g/mol. The number of amides is 1. The van der Waals surface area contributed by atoms with Gasteiger partial charge in [-0.25, -0.2) is 4.39 Å². The summed E-state index contributed by atoms with van der Waals surface area (Å²) in [6.07, 6.45) is 4.70. The van der Waals surface area contributed by atoms with Crippen LogP contribution in [0.2, 0.25) is 0 Å². The molecule has 6 rings (SSSR count). The number of Topliss-reactive ketones (excluding diaryl/α,β-unsaturated/α-hetero) is 1. The lowest BCUT2D eigenvalue weighted by molar-refractivity contribution is -0.119. The monoisotopic (exact) mass is 475 g/mol. The molecular weight excluding hydrogens is 445 g/mol. The van der Waals surface area contributed by atoms with E-state index in [1.165, 1.54) is 12.1 Å². The van der Waals surface area contributed by atoms with Gasteiger partial charge in [-0.2, -0.15) is 0 Å². The second-order valence-electron chi connectivity index (χ2n) is 10.3. The SMILES string of the molecule is CC1CC(=O)N2CCc3cc(C(=O)CCCN4CCC(c5noc6cc(F)ccc56)CC4)cc1c32. The molecule has 1 atom stereocenters. The number of ketones is 1. The van der Waals surface area contributed by atoms with Crippen molar-refractivity contribution in [3.63, 3.8) is 0 Å². The van der Waals surface area contributed by atoms with Crippen LogP contribution >= 0.6 is 0 Å². The molecule has 4 heterocycles.